The highest BCUT2D eigenvalue weighted by molar-refractivity contribution is 7.16. The molecule has 3 aromatic rings. The number of aromatic nitrogens is 3. The molecule has 0 aliphatic heterocycles. The van der Waals surface area contributed by atoms with Crippen molar-refractivity contribution in [3.05, 3.63) is 41.7 Å². The number of benzene rings is 1. The van der Waals surface area contributed by atoms with Gasteiger partial charge < -0.3 is 10.1 Å². The lowest BCUT2D eigenvalue weighted by Crippen LogP contribution is -2.08. The molecule has 6 heteroatoms. The fraction of sp³-hybridized carbons (Fsp3) is 0.214. The molecule has 5 nitrogen and oxygen atoms in total. The van der Waals surface area contributed by atoms with Crippen molar-refractivity contribution in [2.75, 3.05) is 12.4 Å². The Bertz CT molecular complexity index is 711. The Labute approximate surface area is 120 Å². The Hall–Kier alpha value is -2.21. The number of nitrogens with zero attached hydrogens (tertiary/aromatic N) is 3. The zero-order valence-corrected chi connectivity index (χ0v) is 12.0. The van der Waals surface area contributed by atoms with Gasteiger partial charge in [-0.3, -0.25) is 0 Å². The van der Waals surface area contributed by atoms with Crippen LogP contribution in [0.3, 0.4) is 0 Å². The van der Waals surface area contributed by atoms with Gasteiger partial charge in [-0.05, 0) is 24.6 Å². The van der Waals surface area contributed by atoms with Crippen LogP contribution in [0.25, 0.3) is 10.3 Å². The van der Waals surface area contributed by atoms with Gasteiger partial charge in [0.15, 0.2) is 5.82 Å². The van der Waals surface area contributed by atoms with E-state index >= 15 is 0 Å². The molecule has 0 saturated heterocycles. The van der Waals surface area contributed by atoms with Crippen molar-refractivity contribution < 1.29 is 4.74 Å². The van der Waals surface area contributed by atoms with Gasteiger partial charge in [-0.1, -0.05) is 12.1 Å². The summed E-state index contributed by atoms with van der Waals surface area (Å²) in [5.41, 5.74) is 3.76. The quantitative estimate of drug-likeness (QED) is 0.797. The number of ether oxygens (including phenoxy) is 1. The number of anilines is 1. The zero-order valence-electron chi connectivity index (χ0n) is 11.2. The van der Waals surface area contributed by atoms with Crippen LogP contribution in [0.1, 0.15) is 18.5 Å². The Kier molecular flexibility index (Phi) is 3.47. The van der Waals surface area contributed by atoms with Crippen LogP contribution in [0.5, 0.6) is 5.75 Å². The summed E-state index contributed by atoms with van der Waals surface area (Å²) in [5, 5.41) is 3.38. The predicted octanol–water partition coefficient (Wildman–Crippen LogP) is 3.27. The highest BCUT2D eigenvalue weighted by atomic mass is 32.1. The Morgan fingerprint density at radius 3 is 2.70 bits per heavy atom. The Morgan fingerprint density at radius 1 is 1.15 bits per heavy atom. The SMILES string of the molecule is COc1ccc(C(C)Nc2ncnc3scnc23)cc1. The summed E-state index contributed by atoms with van der Waals surface area (Å²) < 4.78 is 5.16. The van der Waals surface area contributed by atoms with E-state index in [-0.39, 0.29) is 6.04 Å². The van der Waals surface area contributed by atoms with Crippen LogP contribution in [0.2, 0.25) is 0 Å². The van der Waals surface area contributed by atoms with E-state index in [2.05, 4.69) is 27.2 Å². The van der Waals surface area contributed by atoms with Gasteiger partial charge >= 0.3 is 0 Å². The van der Waals surface area contributed by atoms with Gasteiger partial charge in [0.1, 0.15) is 22.4 Å². The molecule has 0 spiro atoms. The highest BCUT2D eigenvalue weighted by Gasteiger charge is 2.11. The van der Waals surface area contributed by atoms with E-state index < -0.39 is 0 Å². The fourth-order valence-corrected chi connectivity index (χ4v) is 2.61. The molecule has 1 atom stereocenters. The molecule has 1 unspecified atom stereocenters. The molecule has 0 saturated carbocycles. The van der Waals surface area contributed by atoms with Crippen molar-refractivity contribution in [1.82, 2.24) is 15.0 Å². The van der Waals surface area contributed by atoms with Crippen LogP contribution < -0.4 is 10.1 Å². The van der Waals surface area contributed by atoms with E-state index in [1.165, 1.54) is 11.3 Å². The van der Waals surface area contributed by atoms with E-state index in [0.717, 1.165) is 27.5 Å². The Morgan fingerprint density at radius 2 is 1.95 bits per heavy atom. The topological polar surface area (TPSA) is 59.9 Å². The summed E-state index contributed by atoms with van der Waals surface area (Å²) >= 11 is 1.51. The second kappa shape index (κ2) is 5.42. The van der Waals surface area contributed by atoms with E-state index in [1.54, 1.807) is 18.9 Å². The average Bonchev–Trinajstić information content (AvgIpc) is 2.97. The maximum atomic E-state index is 5.16. The lowest BCUT2D eigenvalue weighted by Gasteiger charge is -2.15. The van der Waals surface area contributed by atoms with Gasteiger partial charge in [-0.25, -0.2) is 15.0 Å². The molecule has 1 N–H and O–H groups in total. The van der Waals surface area contributed by atoms with E-state index in [9.17, 15) is 0 Å². The molecule has 20 heavy (non-hydrogen) atoms. The molecule has 0 aliphatic rings. The third kappa shape index (κ3) is 2.42. The number of rotatable bonds is 4. The summed E-state index contributed by atoms with van der Waals surface area (Å²) in [6.45, 7) is 2.09. The summed E-state index contributed by atoms with van der Waals surface area (Å²) in [4.78, 5) is 13.7. The number of thiazole rings is 1. The van der Waals surface area contributed by atoms with E-state index in [4.69, 9.17) is 4.74 Å². The number of fused-ring (bicyclic) bond motifs is 1. The third-order valence-electron chi connectivity index (χ3n) is 3.10. The minimum absolute atomic E-state index is 0.126. The zero-order chi connectivity index (χ0) is 13.9. The molecule has 0 fully saturated rings. The molecule has 0 aliphatic carbocycles. The van der Waals surface area contributed by atoms with Gasteiger partial charge in [-0.2, -0.15) is 0 Å². The van der Waals surface area contributed by atoms with Crippen LogP contribution in [0.15, 0.2) is 36.1 Å². The van der Waals surface area contributed by atoms with Crippen molar-refractivity contribution in [3.63, 3.8) is 0 Å². The van der Waals surface area contributed by atoms with Crippen LogP contribution in [-0.2, 0) is 0 Å². The van der Waals surface area contributed by atoms with Gasteiger partial charge in [0, 0.05) is 0 Å². The van der Waals surface area contributed by atoms with Gasteiger partial charge in [-0.15, -0.1) is 11.3 Å². The summed E-state index contributed by atoms with van der Waals surface area (Å²) in [6.07, 6.45) is 1.56. The maximum absolute atomic E-state index is 5.16. The number of hydrogen-bond donors (Lipinski definition) is 1. The lowest BCUT2D eigenvalue weighted by molar-refractivity contribution is 0.414. The first-order chi connectivity index (χ1) is 9.78. The highest BCUT2D eigenvalue weighted by Crippen LogP contribution is 2.25. The van der Waals surface area contributed by atoms with Gasteiger partial charge in [0.25, 0.3) is 0 Å². The third-order valence-corrected chi connectivity index (χ3v) is 3.84. The molecule has 0 bridgehead atoms. The van der Waals surface area contributed by atoms with E-state index in [0.29, 0.717) is 0 Å². The summed E-state index contributed by atoms with van der Waals surface area (Å²) in [7, 11) is 1.66. The molecule has 3 rings (SSSR count). The molecular weight excluding hydrogens is 272 g/mol. The first-order valence-electron chi connectivity index (χ1n) is 6.22. The average molecular weight is 286 g/mol. The van der Waals surface area contributed by atoms with Crippen molar-refractivity contribution in [1.29, 1.82) is 0 Å². The van der Waals surface area contributed by atoms with E-state index in [1.807, 2.05) is 24.3 Å². The molecule has 2 aromatic heterocycles. The molecule has 0 radical (unpaired) electrons. The second-order valence-corrected chi connectivity index (χ2v) is 5.20. The van der Waals surface area contributed by atoms with Crippen LogP contribution in [-0.4, -0.2) is 22.1 Å². The smallest absolute Gasteiger partial charge is 0.157 e. The number of nitrogens with one attached hydrogen (secondary N) is 1. The van der Waals surface area contributed by atoms with Gasteiger partial charge in [0.05, 0.1) is 18.7 Å². The normalized spacial score (nSPS) is 12.3. The van der Waals surface area contributed by atoms with Crippen LogP contribution in [0.4, 0.5) is 5.82 Å². The van der Waals surface area contributed by atoms with Crippen LogP contribution >= 0.6 is 11.3 Å². The summed E-state index contributed by atoms with van der Waals surface area (Å²) in [6, 6.07) is 8.10. The summed E-state index contributed by atoms with van der Waals surface area (Å²) in [5.74, 6) is 1.62. The number of hydrogen-bond acceptors (Lipinski definition) is 6. The van der Waals surface area contributed by atoms with Crippen LogP contribution in [0, 0.1) is 0 Å². The first-order valence-corrected chi connectivity index (χ1v) is 7.10. The molecule has 1 aromatic carbocycles. The lowest BCUT2D eigenvalue weighted by atomic mass is 10.1. The second-order valence-electron chi connectivity index (χ2n) is 4.37. The fourth-order valence-electron chi connectivity index (χ4n) is 1.98. The number of methoxy groups -OCH3 is 1. The van der Waals surface area contributed by atoms with Gasteiger partial charge in [0.2, 0.25) is 0 Å². The maximum Gasteiger partial charge on any atom is 0.157 e. The van der Waals surface area contributed by atoms with Crippen molar-refractivity contribution in [2.24, 2.45) is 0 Å². The first kappa shape index (κ1) is 12.8. The van der Waals surface area contributed by atoms with Crippen molar-refractivity contribution in [3.8, 4) is 5.75 Å². The minimum Gasteiger partial charge on any atom is -0.497 e. The molecular formula is C14H14N4OS. The predicted molar refractivity (Wildman–Crippen MR) is 80.2 cm³/mol. The molecule has 2 heterocycles. The van der Waals surface area contributed by atoms with Crippen molar-refractivity contribution >= 4 is 27.5 Å². The van der Waals surface area contributed by atoms with Crippen molar-refractivity contribution in [2.45, 2.75) is 13.0 Å². The molecule has 0 amide bonds. The molecule has 102 valence electrons. The minimum atomic E-state index is 0.126. The Balaban J connectivity index is 1.84. The standard InChI is InChI=1S/C14H14N4OS/c1-9(10-3-5-11(19-2)6-4-10)18-13-12-14(16-7-15-13)20-8-17-12/h3-9H,1-2H3,(H,15,16,18). The monoisotopic (exact) mass is 286 g/mol. The largest absolute Gasteiger partial charge is 0.497 e.